The Balaban J connectivity index is 1.85. The molecule has 1 fully saturated rings. The highest BCUT2D eigenvalue weighted by Crippen LogP contribution is 2.45. The first-order valence-electron chi connectivity index (χ1n) is 9.26. The molecule has 4 N–H and O–H groups in total. The molecule has 6 heteroatoms. The van der Waals surface area contributed by atoms with E-state index >= 15 is 0 Å². The standard InChI is InChI=1S/C20H30O6/c1-9-10(2)19-13(11(3)15(9)21)6-7-20(5,26-19)8-14-17(23)18(24)16(22)12(4)25-14/h12,14,16-18,21-24H,6-8H2,1-5H3/t12-,14-,16-,17-,18+,20?/m0/s1. The number of aliphatic hydroxyl groups excluding tert-OH is 3. The first-order valence-corrected chi connectivity index (χ1v) is 9.26. The normalized spacial score (nSPS) is 37.2. The molecule has 0 bridgehead atoms. The number of fused-ring (bicyclic) bond motifs is 1. The van der Waals surface area contributed by atoms with Crippen LogP contribution in [0.3, 0.4) is 0 Å². The van der Waals surface area contributed by atoms with Gasteiger partial charge in [0.05, 0.1) is 12.2 Å². The Kier molecular flexibility index (Phi) is 4.99. The molecule has 6 nitrogen and oxygen atoms in total. The molecule has 0 amide bonds. The van der Waals surface area contributed by atoms with Crippen LogP contribution in [0.25, 0.3) is 0 Å². The summed E-state index contributed by atoms with van der Waals surface area (Å²) >= 11 is 0. The van der Waals surface area contributed by atoms with E-state index in [9.17, 15) is 20.4 Å². The zero-order chi connectivity index (χ0) is 19.4. The predicted octanol–water partition coefficient (Wildman–Crippen LogP) is 1.66. The molecule has 1 aromatic carbocycles. The molecule has 0 spiro atoms. The van der Waals surface area contributed by atoms with Crippen LogP contribution in [0.4, 0.5) is 0 Å². The first kappa shape index (κ1) is 19.4. The summed E-state index contributed by atoms with van der Waals surface area (Å²) in [6.07, 6.45) is -2.79. The number of ether oxygens (including phenoxy) is 2. The zero-order valence-electron chi connectivity index (χ0n) is 16.1. The van der Waals surface area contributed by atoms with E-state index in [1.165, 1.54) is 0 Å². The molecule has 1 saturated heterocycles. The van der Waals surface area contributed by atoms with Crippen molar-refractivity contribution in [3.05, 3.63) is 22.3 Å². The van der Waals surface area contributed by atoms with Crippen LogP contribution < -0.4 is 4.74 Å². The van der Waals surface area contributed by atoms with E-state index < -0.39 is 36.1 Å². The fourth-order valence-electron chi connectivity index (χ4n) is 4.17. The second-order valence-electron chi connectivity index (χ2n) is 8.14. The monoisotopic (exact) mass is 366 g/mol. The van der Waals surface area contributed by atoms with Gasteiger partial charge in [0, 0.05) is 12.0 Å². The maximum absolute atomic E-state index is 10.3. The van der Waals surface area contributed by atoms with Gasteiger partial charge in [0.25, 0.3) is 0 Å². The summed E-state index contributed by atoms with van der Waals surface area (Å²) in [5, 5.41) is 40.5. The molecule has 146 valence electrons. The Morgan fingerprint density at radius 3 is 2.31 bits per heavy atom. The van der Waals surface area contributed by atoms with E-state index in [2.05, 4.69) is 0 Å². The largest absolute Gasteiger partial charge is 0.507 e. The molecule has 6 atom stereocenters. The van der Waals surface area contributed by atoms with Gasteiger partial charge in [-0.05, 0) is 64.2 Å². The summed E-state index contributed by atoms with van der Waals surface area (Å²) in [5.41, 5.74) is 3.04. The van der Waals surface area contributed by atoms with E-state index in [-0.39, 0.29) is 0 Å². The van der Waals surface area contributed by atoms with Crippen LogP contribution in [0.2, 0.25) is 0 Å². The summed E-state index contributed by atoms with van der Waals surface area (Å²) in [5.74, 6) is 1.12. The minimum Gasteiger partial charge on any atom is -0.507 e. The smallest absolute Gasteiger partial charge is 0.127 e. The van der Waals surface area contributed by atoms with E-state index in [1.807, 2.05) is 27.7 Å². The van der Waals surface area contributed by atoms with Crippen LogP contribution in [0.1, 0.15) is 48.9 Å². The highest BCUT2D eigenvalue weighted by atomic mass is 16.5. The Hall–Kier alpha value is -1.34. The van der Waals surface area contributed by atoms with Gasteiger partial charge in [0.2, 0.25) is 0 Å². The lowest BCUT2D eigenvalue weighted by molar-refractivity contribution is -0.226. The number of benzene rings is 1. The number of phenols is 1. The third kappa shape index (κ3) is 3.09. The first-order chi connectivity index (χ1) is 12.1. The lowest BCUT2D eigenvalue weighted by atomic mass is 9.82. The van der Waals surface area contributed by atoms with Crippen LogP contribution in [0.15, 0.2) is 0 Å². The fourth-order valence-corrected chi connectivity index (χ4v) is 4.17. The Morgan fingerprint density at radius 1 is 1.00 bits per heavy atom. The van der Waals surface area contributed by atoms with Crippen molar-refractivity contribution in [2.75, 3.05) is 0 Å². The molecule has 2 aliphatic rings. The molecular weight excluding hydrogens is 336 g/mol. The van der Waals surface area contributed by atoms with Crippen LogP contribution >= 0.6 is 0 Å². The molecule has 1 aromatic rings. The third-order valence-electron chi connectivity index (χ3n) is 6.18. The number of aromatic hydroxyl groups is 1. The summed E-state index contributed by atoms with van der Waals surface area (Å²) in [6.45, 7) is 9.38. The highest BCUT2D eigenvalue weighted by molar-refractivity contribution is 5.58. The molecule has 0 aromatic heterocycles. The van der Waals surface area contributed by atoms with Crippen LogP contribution in [-0.4, -0.2) is 56.5 Å². The summed E-state index contributed by atoms with van der Waals surface area (Å²) < 4.78 is 12.1. The number of aliphatic hydroxyl groups is 3. The third-order valence-corrected chi connectivity index (χ3v) is 6.18. The molecule has 26 heavy (non-hydrogen) atoms. The van der Waals surface area contributed by atoms with Crippen molar-refractivity contribution in [1.82, 2.24) is 0 Å². The van der Waals surface area contributed by atoms with Gasteiger partial charge in [-0.1, -0.05) is 0 Å². The molecule has 0 saturated carbocycles. The quantitative estimate of drug-likeness (QED) is 0.635. The molecule has 0 aliphatic carbocycles. The minimum absolute atomic E-state index is 0.324. The average molecular weight is 366 g/mol. The van der Waals surface area contributed by atoms with Crippen molar-refractivity contribution in [2.45, 2.75) is 90.0 Å². The predicted molar refractivity (Wildman–Crippen MR) is 96.6 cm³/mol. The minimum atomic E-state index is -1.23. The molecule has 2 aliphatic heterocycles. The fraction of sp³-hybridized carbons (Fsp3) is 0.700. The molecular formula is C20H30O6. The number of phenolic OH excluding ortho intramolecular Hbond substituents is 1. The van der Waals surface area contributed by atoms with Crippen molar-refractivity contribution in [1.29, 1.82) is 0 Å². The van der Waals surface area contributed by atoms with Crippen molar-refractivity contribution in [3.63, 3.8) is 0 Å². The topological polar surface area (TPSA) is 99.4 Å². The SMILES string of the molecule is Cc1c(C)c2c(c(C)c1O)CCC(C)(C[C@@H]1O[C@@H](C)[C@H](O)[C@@H](O)[C@H]1O)O2. The molecule has 3 rings (SSSR count). The van der Waals surface area contributed by atoms with Gasteiger partial charge in [0.15, 0.2) is 0 Å². The van der Waals surface area contributed by atoms with Gasteiger partial charge >= 0.3 is 0 Å². The maximum atomic E-state index is 10.3. The summed E-state index contributed by atoms with van der Waals surface area (Å²) in [6, 6.07) is 0. The molecule has 2 heterocycles. The van der Waals surface area contributed by atoms with Gasteiger partial charge in [-0.2, -0.15) is 0 Å². The molecule has 0 radical (unpaired) electrons. The summed E-state index contributed by atoms with van der Waals surface area (Å²) in [7, 11) is 0. The van der Waals surface area contributed by atoms with Gasteiger partial charge in [-0.3, -0.25) is 0 Å². The Labute approximate surface area is 154 Å². The van der Waals surface area contributed by atoms with E-state index in [1.54, 1.807) is 6.92 Å². The second kappa shape index (κ2) is 6.68. The lowest BCUT2D eigenvalue weighted by Gasteiger charge is -2.44. The lowest BCUT2D eigenvalue weighted by Crippen LogP contribution is -2.58. The van der Waals surface area contributed by atoms with E-state index in [0.717, 1.165) is 34.4 Å². The Morgan fingerprint density at radius 2 is 1.65 bits per heavy atom. The van der Waals surface area contributed by atoms with Gasteiger partial charge in [0.1, 0.15) is 35.4 Å². The Bertz CT molecular complexity index is 702. The maximum Gasteiger partial charge on any atom is 0.127 e. The van der Waals surface area contributed by atoms with Gasteiger partial charge < -0.3 is 29.9 Å². The van der Waals surface area contributed by atoms with Crippen LogP contribution in [-0.2, 0) is 11.2 Å². The number of hydrogen-bond donors (Lipinski definition) is 4. The second-order valence-corrected chi connectivity index (χ2v) is 8.14. The summed E-state index contributed by atoms with van der Waals surface area (Å²) in [4.78, 5) is 0. The zero-order valence-corrected chi connectivity index (χ0v) is 16.1. The van der Waals surface area contributed by atoms with Gasteiger partial charge in [-0.25, -0.2) is 0 Å². The number of hydrogen-bond acceptors (Lipinski definition) is 6. The number of rotatable bonds is 2. The van der Waals surface area contributed by atoms with E-state index in [4.69, 9.17) is 9.47 Å². The average Bonchev–Trinajstić information content (AvgIpc) is 2.60. The van der Waals surface area contributed by atoms with Crippen molar-refractivity contribution >= 4 is 0 Å². The highest BCUT2D eigenvalue weighted by Gasteiger charge is 2.46. The molecule has 1 unspecified atom stereocenters. The van der Waals surface area contributed by atoms with Crippen molar-refractivity contribution < 1.29 is 29.9 Å². The van der Waals surface area contributed by atoms with E-state index in [0.29, 0.717) is 18.6 Å². The van der Waals surface area contributed by atoms with Gasteiger partial charge in [-0.15, -0.1) is 0 Å². The van der Waals surface area contributed by atoms with Crippen molar-refractivity contribution in [2.24, 2.45) is 0 Å². The van der Waals surface area contributed by atoms with Crippen LogP contribution in [0.5, 0.6) is 11.5 Å². The van der Waals surface area contributed by atoms with Crippen molar-refractivity contribution in [3.8, 4) is 11.5 Å². The van der Waals surface area contributed by atoms with Crippen LogP contribution in [0, 0.1) is 20.8 Å².